The van der Waals surface area contributed by atoms with Gasteiger partial charge in [0.2, 0.25) is 0 Å². The lowest BCUT2D eigenvalue weighted by atomic mass is 9.94. The Bertz CT molecular complexity index is 168. The molecule has 4 heteroatoms. The molecule has 0 radical (unpaired) electrons. The van der Waals surface area contributed by atoms with Crippen LogP contribution in [0.2, 0.25) is 0 Å². The van der Waals surface area contributed by atoms with Crippen molar-refractivity contribution in [2.75, 3.05) is 13.2 Å². The van der Waals surface area contributed by atoms with Gasteiger partial charge in [-0.1, -0.05) is 27.4 Å². The zero-order valence-electron chi connectivity index (χ0n) is 7.92. The Morgan fingerprint density at radius 3 is 2.25 bits per heavy atom. The molecule has 1 heterocycles. The summed E-state index contributed by atoms with van der Waals surface area (Å²) >= 11 is 0. The van der Waals surface area contributed by atoms with Crippen LogP contribution in [-0.4, -0.2) is 20.5 Å². The molecule has 0 bridgehead atoms. The van der Waals surface area contributed by atoms with Crippen molar-refractivity contribution in [3.63, 3.8) is 0 Å². The lowest BCUT2D eigenvalue weighted by molar-refractivity contribution is 0.187. The molecule has 0 amide bonds. The van der Waals surface area contributed by atoms with Crippen molar-refractivity contribution in [1.82, 2.24) is 0 Å². The summed E-state index contributed by atoms with van der Waals surface area (Å²) in [6, 6.07) is 0. The van der Waals surface area contributed by atoms with Gasteiger partial charge in [-0.2, -0.15) is 0 Å². The maximum Gasteiger partial charge on any atom is 0.713 e. The second-order valence-corrected chi connectivity index (χ2v) is 3.82. The predicted molar refractivity (Wildman–Crippen MR) is 47.3 cm³/mol. The molecule has 0 N–H and O–H groups in total. The van der Waals surface area contributed by atoms with Crippen molar-refractivity contribution in [3.05, 3.63) is 12.3 Å². The Hall–Kier alpha value is -0.475. The van der Waals surface area contributed by atoms with E-state index in [1.807, 2.05) is 20.8 Å². The first kappa shape index (κ1) is 9.61. The van der Waals surface area contributed by atoms with Gasteiger partial charge in [0.05, 0.1) is 19.0 Å². The van der Waals surface area contributed by atoms with Gasteiger partial charge in [-0.05, 0) is 0 Å². The van der Waals surface area contributed by atoms with Gasteiger partial charge in [0.15, 0.2) is 0 Å². The zero-order chi connectivity index (χ0) is 9.19. The Kier molecular flexibility index (Phi) is 2.80. The van der Waals surface area contributed by atoms with Crippen LogP contribution in [0.25, 0.3) is 0 Å². The van der Waals surface area contributed by atoms with Crippen LogP contribution in [0, 0.1) is 5.41 Å². The molecule has 0 spiro atoms. The van der Waals surface area contributed by atoms with E-state index in [0.29, 0.717) is 19.0 Å². The van der Waals surface area contributed by atoms with E-state index in [2.05, 4.69) is 6.58 Å². The molecule has 1 rings (SSSR count). The van der Waals surface area contributed by atoms with Crippen molar-refractivity contribution in [2.45, 2.75) is 20.8 Å². The third kappa shape index (κ3) is 2.53. The van der Waals surface area contributed by atoms with Crippen LogP contribution in [0.1, 0.15) is 20.8 Å². The summed E-state index contributed by atoms with van der Waals surface area (Å²) in [5, 5.41) is 0. The number of rotatable bonds is 2. The van der Waals surface area contributed by atoms with Gasteiger partial charge in [0.1, 0.15) is 0 Å². The normalized spacial score (nSPS) is 18.1. The Morgan fingerprint density at radius 2 is 1.83 bits per heavy atom. The fourth-order valence-corrected chi connectivity index (χ4v) is 0.698. The number of hydrogen-bond donors (Lipinski definition) is 0. The van der Waals surface area contributed by atoms with Crippen molar-refractivity contribution in [1.29, 1.82) is 0 Å². The molecule has 0 unspecified atom stereocenters. The summed E-state index contributed by atoms with van der Waals surface area (Å²) < 4.78 is 15.6. The summed E-state index contributed by atoms with van der Waals surface area (Å²) in [5.74, 6) is 0.689. The maximum atomic E-state index is 5.34. The summed E-state index contributed by atoms with van der Waals surface area (Å²) in [6.07, 6.45) is 0. The molecule has 1 aliphatic rings. The van der Waals surface area contributed by atoms with Gasteiger partial charge >= 0.3 is 7.32 Å². The second kappa shape index (κ2) is 3.50. The fraction of sp³-hybridized carbons (Fsp3) is 0.750. The number of allylic oxidation sites excluding steroid dienone is 1. The molecule has 1 aliphatic heterocycles. The third-order valence-electron chi connectivity index (χ3n) is 1.67. The second-order valence-electron chi connectivity index (χ2n) is 3.82. The molecular weight excluding hydrogens is 155 g/mol. The highest BCUT2D eigenvalue weighted by Crippen LogP contribution is 2.25. The topological polar surface area (TPSA) is 27.7 Å². The molecule has 0 saturated carbocycles. The SMILES string of the molecule is C=C(OB1OCCO1)C(C)(C)C. The Morgan fingerprint density at radius 1 is 1.33 bits per heavy atom. The van der Waals surface area contributed by atoms with Crippen LogP contribution in [0.3, 0.4) is 0 Å². The van der Waals surface area contributed by atoms with Crippen molar-refractivity contribution >= 4 is 7.32 Å². The highest BCUT2D eigenvalue weighted by atomic mass is 16.8. The van der Waals surface area contributed by atoms with E-state index in [-0.39, 0.29) is 5.41 Å². The quantitative estimate of drug-likeness (QED) is 0.465. The standard InChI is InChI=1S/C8H15BO3/c1-7(8(2,3)4)12-9-10-5-6-11-9/h1,5-6H2,2-4H3. The van der Waals surface area contributed by atoms with E-state index < -0.39 is 7.32 Å². The van der Waals surface area contributed by atoms with E-state index in [9.17, 15) is 0 Å². The van der Waals surface area contributed by atoms with E-state index >= 15 is 0 Å². The van der Waals surface area contributed by atoms with Gasteiger partial charge in [-0.25, -0.2) is 0 Å². The van der Waals surface area contributed by atoms with Crippen molar-refractivity contribution in [2.24, 2.45) is 5.41 Å². The van der Waals surface area contributed by atoms with Crippen LogP contribution < -0.4 is 0 Å². The lowest BCUT2D eigenvalue weighted by Gasteiger charge is -2.22. The maximum absolute atomic E-state index is 5.34. The van der Waals surface area contributed by atoms with Gasteiger partial charge in [-0.3, -0.25) is 0 Å². The van der Waals surface area contributed by atoms with E-state index in [1.54, 1.807) is 0 Å². The molecule has 0 aromatic rings. The van der Waals surface area contributed by atoms with Crippen LogP contribution >= 0.6 is 0 Å². The summed E-state index contributed by atoms with van der Waals surface area (Å²) in [7, 11) is -0.545. The van der Waals surface area contributed by atoms with Crippen LogP contribution in [0.15, 0.2) is 12.3 Å². The Labute approximate surface area is 73.9 Å². The van der Waals surface area contributed by atoms with Gasteiger partial charge in [-0.15, -0.1) is 0 Å². The molecule has 1 saturated heterocycles. The van der Waals surface area contributed by atoms with Gasteiger partial charge < -0.3 is 14.0 Å². The monoisotopic (exact) mass is 170 g/mol. The van der Waals surface area contributed by atoms with Crippen molar-refractivity contribution < 1.29 is 14.0 Å². The van der Waals surface area contributed by atoms with Crippen LogP contribution in [-0.2, 0) is 14.0 Å². The fourth-order valence-electron chi connectivity index (χ4n) is 0.698. The molecule has 0 atom stereocenters. The first-order valence-electron chi connectivity index (χ1n) is 4.09. The summed E-state index contributed by atoms with van der Waals surface area (Å²) in [6.45, 7) is 11.1. The molecule has 68 valence electrons. The van der Waals surface area contributed by atoms with Crippen LogP contribution in [0.4, 0.5) is 0 Å². The molecule has 0 aliphatic carbocycles. The highest BCUT2D eigenvalue weighted by molar-refractivity contribution is 6.37. The first-order valence-corrected chi connectivity index (χ1v) is 4.09. The minimum Gasteiger partial charge on any atom is -0.515 e. The average Bonchev–Trinajstić information content (AvgIpc) is 2.37. The molecule has 3 nitrogen and oxygen atoms in total. The smallest absolute Gasteiger partial charge is 0.515 e. The van der Waals surface area contributed by atoms with Gasteiger partial charge in [0, 0.05) is 5.41 Å². The lowest BCUT2D eigenvalue weighted by Crippen LogP contribution is -2.23. The molecule has 0 aromatic carbocycles. The van der Waals surface area contributed by atoms with Gasteiger partial charge in [0.25, 0.3) is 0 Å². The minimum atomic E-state index is -0.545. The van der Waals surface area contributed by atoms with E-state index in [4.69, 9.17) is 14.0 Å². The zero-order valence-corrected chi connectivity index (χ0v) is 7.92. The minimum absolute atomic E-state index is 0.0602. The molecule has 12 heavy (non-hydrogen) atoms. The summed E-state index contributed by atoms with van der Waals surface area (Å²) in [4.78, 5) is 0. The largest absolute Gasteiger partial charge is 0.713 e. The third-order valence-corrected chi connectivity index (χ3v) is 1.67. The molecule has 0 aromatic heterocycles. The number of hydrogen-bond acceptors (Lipinski definition) is 3. The predicted octanol–water partition coefficient (Wildman–Crippen LogP) is 1.59. The Balaban J connectivity index is 2.35. The van der Waals surface area contributed by atoms with Crippen LogP contribution in [0.5, 0.6) is 0 Å². The summed E-state index contributed by atoms with van der Waals surface area (Å²) in [5.41, 5.74) is -0.0602. The molecule has 1 fully saturated rings. The van der Waals surface area contributed by atoms with E-state index in [0.717, 1.165) is 0 Å². The molecular formula is C8H15BO3. The average molecular weight is 170 g/mol. The highest BCUT2D eigenvalue weighted by Gasteiger charge is 2.32. The first-order chi connectivity index (χ1) is 5.50. The van der Waals surface area contributed by atoms with E-state index in [1.165, 1.54) is 0 Å². The van der Waals surface area contributed by atoms with Crippen molar-refractivity contribution in [3.8, 4) is 0 Å².